The second-order valence-corrected chi connectivity index (χ2v) is 3.92. The molecule has 1 N–H and O–H groups in total. The molecular formula is C12H11ClN3O+. The lowest BCUT2D eigenvalue weighted by Gasteiger charge is -2.00. The predicted octanol–water partition coefficient (Wildman–Crippen LogP) is 3.81. The fourth-order valence-electron chi connectivity index (χ4n) is 1.37. The second kappa shape index (κ2) is 6.52. The molecule has 0 radical (unpaired) electrons. The Morgan fingerprint density at radius 2 is 2.00 bits per heavy atom. The predicted molar refractivity (Wildman–Crippen MR) is 64.7 cm³/mol. The number of aliphatic hydroxyl groups is 1. The van der Waals surface area contributed by atoms with Crippen molar-refractivity contribution in [1.82, 2.24) is 0 Å². The number of nitrogens with zero attached hydrogens (tertiary/aromatic N) is 3. The smallest absolute Gasteiger partial charge is 0.497 e. The molecule has 1 aromatic carbocycles. The fourth-order valence-corrected chi connectivity index (χ4v) is 1.50. The Bertz CT molecular complexity index is 478. The highest BCUT2D eigenvalue weighted by molar-refractivity contribution is 6.30. The van der Waals surface area contributed by atoms with Crippen molar-refractivity contribution < 1.29 is 5.11 Å². The van der Waals surface area contributed by atoms with Crippen LogP contribution in [-0.2, 0) is 6.42 Å². The summed E-state index contributed by atoms with van der Waals surface area (Å²) in [7, 11) is 0. The molecular weight excluding hydrogens is 238 g/mol. The van der Waals surface area contributed by atoms with Gasteiger partial charge in [-0.25, -0.2) is 0 Å². The maximum atomic E-state index is 9.41. The minimum Gasteiger partial charge on any atom is -0.504 e. The lowest BCUT2D eigenvalue weighted by molar-refractivity contribution is 0.380. The first kappa shape index (κ1) is 13.0. The fraction of sp³-hybridized carbons (Fsp3) is 0.250. The average Bonchev–Trinajstić information content (AvgIpc) is 2.33. The molecule has 17 heavy (non-hydrogen) atoms. The van der Waals surface area contributed by atoms with Gasteiger partial charge in [0.25, 0.3) is 0 Å². The number of aryl methyl sites for hydroxylation is 1. The van der Waals surface area contributed by atoms with Crippen LogP contribution in [-0.4, -0.2) is 5.11 Å². The van der Waals surface area contributed by atoms with E-state index in [0.29, 0.717) is 17.9 Å². The Morgan fingerprint density at radius 1 is 1.35 bits per heavy atom. The molecule has 0 aliphatic rings. The van der Waals surface area contributed by atoms with Gasteiger partial charge in [0.05, 0.1) is 0 Å². The maximum Gasteiger partial charge on any atom is 0.497 e. The topological polar surface area (TPSA) is 72.2 Å². The van der Waals surface area contributed by atoms with Crippen LogP contribution in [0.1, 0.15) is 18.4 Å². The van der Waals surface area contributed by atoms with Crippen molar-refractivity contribution >= 4 is 11.6 Å². The van der Waals surface area contributed by atoms with Gasteiger partial charge in [0.2, 0.25) is 11.2 Å². The van der Waals surface area contributed by atoms with Gasteiger partial charge in [0.15, 0.2) is 11.0 Å². The van der Waals surface area contributed by atoms with E-state index in [1.165, 1.54) is 0 Å². The number of hydrogen-bond acceptors (Lipinski definition) is 3. The van der Waals surface area contributed by atoms with E-state index in [4.69, 9.17) is 22.3 Å². The Balaban J connectivity index is 2.49. The van der Waals surface area contributed by atoms with Crippen molar-refractivity contribution in [3.63, 3.8) is 0 Å². The Morgan fingerprint density at radius 3 is 2.53 bits per heavy atom. The van der Waals surface area contributed by atoms with Gasteiger partial charge in [0, 0.05) is 11.4 Å². The summed E-state index contributed by atoms with van der Waals surface area (Å²) in [5.74, 6) is -0.191. The van der Waals surface area contributed by atoms with E-state index in [1.54, 1.807) is 18.2 Å². The number of benzene rings is 1. The third-order valence-corrected chi connectivity index (χ3v) is 2.52. The van der Waals surface area contributed by atoms with E-state index in [1.807, 2.05) is 12.1 Å². The number of halogens is 1. The van der Waals surface area contributed by atoms with Crippen molar-refractivity contribution in [1.29, 1.82) is 10.7 Å². The Labute approximate surface area is 104 Å². The molecule has 0 aromatic heterocycles. The average molecular weight is 249 g/mol. The van der Waals surface area contributed by atoms with Crippen LogP contribution in [0.25, 0.3) is 4.98 Å². The number of aliphatic hydroxyl groups excluding tert-OH is 1. The van der Waals surface area contributed by atoms with Gasteiger partial charge in [0.1, 0.15) is 0 Å². The van der Waals surface area contributed by atoms with Gasteiger partial charge in [-0.2, -0.15) is 5.26 Å². The quantitative estimate of drug-likeness (QED) is 0.500. The first-order valence-corrected chi connectivity index (χ1v) is 5.47. The van der Waals surface area contributed by atoms with Gasteiger partial charge in [-0.05, 0) is 30.5 Å². The van der Waals surface area contributed by atoms with E-state index in [2.05, 4.69) is 4.98 Å². The summed E-state index contributed by atoms with van der Waals surface area (Å²) in [6.07, 6.45) is 1.72. The van der Waals surface area contributed by atoms with Crippen LogP contribution in [0.15, 0.2) is 35.7 Å². The van der Waals surface area contributed by atoms with Crippen LogP contribution >= 0.6 is 11.6 Å². The van der Waals surface area contributed by atoms with E-state index in [9.17, 15) is 5.11 Å². The highest BCUT2D eigenvalue weighted by Gasteiger charge is 2.16. The number of nitriles is 1. The molecule has 1 aromatic rings. The van der Waals surface area contributed by atoms with Crippen LogP contribution in [0.4, 0.5) is 0 Å². The molecule has 86 valence electrons. The zero-order chi connectivity index (χ0) is 12.7. The lowest BCUT2D eigenvalue weighted by atomic mass is 10.1. The number of hydrogen-bond donors (Lipinski definition) is 1. The van der Waals surface area contributed by atoms with Crippen LogP contribution in [0.5, 0.6) is 0 Å². The van der Waals surface area contributed by atoms with Gasteiger partial charge in [-0.15, -0.1) is 0 Å². The van der Waals surface area contributed by atoms with E-state index in [-0.39, 0.29) is 11.5 Å². The van der Waals surface area contributed by atoms with E-state index < -0.39 is 0 Å². The molecule has 0 amide bonds. The summed E-state index contributed by atoms with van der Waals surface area (Å²) in [4.78, 5) is 2.69. The first-order chi connectivity index (χ1) is 8.17. The van der Waals surface area contributed by atoms with Gasteiger partial charge < -0.3 is 5.11 Å². The van der Waals surface area contributed by atoms with Crippen molar-refractivity contribution in [3.05, 3.63) is 51.3 Å². The molecule has 4 nitrogen and oxygen atoms in total. The van der Waals surface area contributed by atoms with Crippen molar-refractivity contribution in [3.8, 4) is 6.07 Å². The zero-order valence-electron chi connectivity index (χ0n) is 9.10. The minimum absolute atomic E-state index is 0.191. The van der Waals surface area contributed by atoms with Crippen molar-refractivity contribution in [2.24, 2.45) is 0 Å². The van der Waals surface area contributed by atoms with E-state index in [0.717, 1.165) is 12.0 Å². The molecule has 0 bridgehead atoms. The Hall–Kier alpha value is -2.04. The molecule has 0 heterocycles. The van der Waals surface area contributed by atoms with Crippen LogP contribution < -0.4 is 0 Å². The highest BCUT2D eigenvalue weighted by atomic mass is 35.5. The Kier molecular flexibility index (Phi) is 5.00. The standard InChI is InChI=1S/C12H10ClN3O/c13-10-6-4-9(5-7-10)2-1-3-12(17)11(8-14)16-15/h4-7H,1-3H2/p+1/b12-11+. The highest BCUT2D eigenvalue weighted by Crippen LogP contribution is 2.14. The third kappa shape index (κ3) is 4.14. The molecule has 0 aliphatic heterocycles. The van der Waals surface area contributed by atoms with E-state index >= 15 is 0 Å². The SMILES string of the molecule is N#C/C([N+]#N)=C(\O)CCCc1ccc(Cl)cc1. The molecule has 0 fully saturated rings. The minimum atomic E-state index is -0.332. The molecule has 0 saturated heterocycles. The molecule has 0 aliphatic carbocycles. The van der Waals surface area contributed by atoms with Crippen LogP contribution in [0, 0.1) is 16.7 Å². The normalized spacial score (nSPS) is 11.2. The van der Waals surface area contributed by atoms with Crippen LogP contribution in [0.2, 0.25) is 5.02 Å². The summed E-state index contributed by atoms with van der Waals surface area (Å²) in [5, 5.41) is 27.0. The number of rotatable bonds is 4. The zero-order valence-corrected chi connectivity index (χ0v) is 9.85. The molecule has 1 rings (SSSR count). The first-order valence-electron chi connectivity index (χ1n) is 5.09. The monoisotopic (exact) mass is 248 g/mol. The largest absolute Gasteiger partial charge is 0.504 e. The maximum absolute atomic E-state index is 9.41. The van der Waals surface area contributed by atoms with Gasteiger partial charge >= 0.3 is 5.70 Å². The molecule has 0 unspecified atom stereocenters. The van der Waals surface area contributed by atoms with Gasteiger partial charge in [-0.3, -0.25) is 0 Å². The molecule has 0 spiro atoms. The number of allylic oxidation sites excluding steroid dienone is 2. The van der Waals surface area contributed by atoms with Crippen molar-refractivity contribution in [2.45, 2.75) is 19.3 Å². The molecule has 0 saturated carbocycles. The summed E-state index contributed by atoms with van der Waals surface area (Å²) in [6.45, 7) is 0. The molecule has 5 heteroatoms. The summed E-state index contributed by atoms with van der Waals surface area (Å²) >= 11 is 5.75. The summed E-state index contributed by atoms with van der Waals surface area (Å²) < 4.78 is 0. The summed E-state index contributed by atoms with van der Waals surface area (Å²) in [5.41, 5.74) is 0.766. The van der Waals surface area contributed by atoms with Crippen molar-refractivity contribution in [2.75, 3.05) is 0 Å². The molecule has 0 atom stereocenters. The van der Waals surface area contributed by atoms with Crippen LogP contribution in [0.3, 0.4) is 0 Å². The lowest BCUT2D eigenvalue weighted by Crippen LogP contribution is -1.90. The number of diazo groups is 1. The third-order valence-electron chi connectivity index (χ3n) is 2.27. The van der Waals surface area contributed by atoms with Gasteiger partial charge in [-0.1, -0.05) is 23.7 Å². The summed E-state index contributed by atoms with van der Waals surface area (Å²) in [6, 6.07) is 9.02. The second-order valence-electron chi connectivity index (χ2n) is 3.49.